The lowest BCUT2D eigenvalue weighted by atomic mass is 9.64. The van der Waals surface area contributed by atoms with Crippen LogP contribution in [0.3, 0.4) is 0 Å². The molecular formula is C20H23ClFNO. The van der Waals surface area contributed by atoms with E-state index in [1.807, 2.05) is 0 Å². The van der Waals surface area contributed by atoms with E-state index >= 15 is 0 Å². The molecule has 1 saturated carbocycles. The lowest BCUT2D eigenvalue weighted by Gasteiger charge is -2.38. The molecular weight excluding hydrogens is 325 g/mol. The molecule has 5 rings (SSSR count). The van der Waals surface area contributed by atoms with Gasteiger partial charge in [-0.2, -0.15) is 0 Å². The standard InChI is InChI=1S/C20H23FNO.ClH/c21-17-9-7-16(8-10-17)20(23)2-1-11-22-12-18-14-3-4-15(6-5-14)19(18)13-22;/h3-4,7-10,12,14-15,18-19H,1-2,5-6,11,13H2;1H/q+1;/p-1. The molecule has 24 heavy (non-hydrogen) atoms. The van der Waals surface area contributed by atoms with Crippen molar-refractivity contribution in [1.29, 1.82) is 0 Å². The number of halogens is 2. The van der Waals surface area contributed by atoms with Gasteiger partial charge in [-0.15, -0.1) is 0 Å². The number of benzene rings is 1. The van der Waals surface area contributed by atoms with Crippen LogP contribution < -0.4 is 12.4 Å². The van der Waals surface area contributed by atoms with Crippen molar-refractivity contribution in [1.82, 2.24) is 0 Å². The molecule has 4 atom stereocenters. The molecule has 3 aliphatic carbocycles. The van der Waals surface area contributed by atoms with Crippen molar-refractivity contribution in [3.05, 3.63) is 47.8 Å². The van der Waals surface area contributed by atoms with Crippen molar-refractivity contribution in [3.63, 3.8) is 0 Å². The van der Waals surface area contributed by atoms with Crippen molar-refractivity contribution in [2.75, 3.05) is 13.1 Å². The first-order chi connectivity index (χ1) is 11.2. The molecule has 4 heteroatoms. The number of nitrogens with zero attached hydrogens (tertiary/aromatic N) is 1. The predicted molar refractivity (Wildman–Crippen MR) is 88.4 cm³/mol. The van der Waals surface area contributed by atoms with Gasteiger partial charge in [-0.05, 0) is 48.9 Å². The van der Waals surface area contributed by atoms with E-state index in [0.717, 1.165) is 43.2 Å². The Hall–Kier alpha value is -1.48. The molecule has 128 valence electrons. The molecule has 2 bridgehead atoms. The van der Waals surface area contributed by atoms with E-state index < -0.39 is 0 Å². The summed E-state index contributed by atoms with van der Waals surface area (Å²) in [5.41, 5.74) is 0.618. The molecule has 4 unspecified atom stereocenters. The maximum absolute atomic E-state index is 12.9. The second kappa shape index (κ2) is 7.18. The van der Waals surface area contributed by atoms with Gasteiger partial charge in [0.25, 0.3) is 0 Å². The number of allylic oxidation sites excluding steroid dienone is 2. The summed E-state index contributed by atoms with van der Waals surface area (Å²) < 4.78 is 15.3. The Bertz CT molecular complexity index is 667. The molecule has 1 aromatic carbocycles. The van der Waals surface area contributed by atoms with Gasteiger partial charge in [-0.25, -0.2) is 8.97 Å². The zero-order valence-electron chi connectivity index (χ0n) is 13.7. The van der Waals surface area contributed by atoms with Gasteiger partial charge in [-0.1, -0.05) is 12.2 Å². The highest BCUT2D eigenvalue weighted by Crippen LogP contribution is 2.45. The van der Waals surface area contributed by atoms with E-state index in [0.29, 0.717) is 12.0 Å². The van der Waals surface area contributed by atoms with E-state index in [1.54, 1.807) is 12.1 Å². The van der Waals surface area contributed by atoms with Crippen LogP contribution in [0, 0.1) is 29.5 Å². The summed E-state index contributed by atoms with van der Waals surface area (Å²) in [7, 11) is 0. The van der Waals surface area contributed by atoms with Gasteiger partial charge in [0.15, 0.2) is 5.78 Å². The maximum Gasteiger partial charge on any atom is 0.163 e. The zero-order chi connectivity index (χ0) is 15.8. The third-order valence-electron chi connectivity index (χ3n) is 5.82. The molecule has 1 aliphatic heterocycles. The van der Waals surface area contributed by atoms with Crippen molar-refractivity contribution in [2.45, 2.75) is 25.7 Å². The molecule has 1 heterocycles. The van der Waals surface area contributed by atoms with Gasteiger partial charge < -0.3 is 12.4 Å². The summed E-state index contributed by atoms with van der Waals surface area (Å²) in [6.45, 7) is 2.11. The molecule has 0 radical (unpaired) electrons. The van der Waals surface area contributed by atoms with Gasteiger partial charge in [-0.3, -0.25) is 4.79 Å². The molecule has 0 amide bonds. The minimum Gasteiger partial charge on any atom is -1.00 e. The Balaban J connectivity index is 0.00000169. The Morgan fingerprint density at radius 1 is 1.12 bits per heavy atom. The number of fused-ring (bicyclic) bond motifs is 1. The molecule has 0 aromatic heterocycles. The van der Waals surface area contributed by atoms with Crippen LogP contribution in [0.1, 0.15) is 36.0 Å². The minimum atomic E-state index is -0.293. The maximum atomic E-state index is 12.9. The Morgan fingerprint density at radius 2 is 1.83 bits per heavy atom. The lowest BCUT2D eigenvalue weighted by molar-refractivity contribution is -0.522. The normalized spacial score (nSPS) is 29.8. The molecule has 2 nitrogen and oxygen atoms in total. The van der Waals surface area contributed by atoms with E-state index in [2.05, 4.69) is 22.9 Å². The average molecular weight is 348 g/mol. The van der Waals surface area contributed by atoms with Gasteiger partial charge in [0.1, 0.15) is 25.1 Å². The van der Waals surface area contributed by atoms with Crippen LogP contribution in [0.5, 0.6) is 0 Å². The van der Waals surface area contributed by atoms with Gasteiger partial charge in [0, 0.05) is 24.3 Å². The Morgan fingerprint density at radius 3 is 2.50 bits per heavy atom. The first-order valence-electron chi connectivity index (χ1n) is 8.77. The fourth-order valence-electron chi connectivity index (χ4n) is 4.59. The number of carbonyl (C=O) groups excluding carboxylic acids is 1. The highest BCUT2D eigenvalue weighted by atomic mass is 35.5. The highest BCUT2D eigenvalue weighted by Gasteiger charge is 2.46. The topological polar surface area (TPSA) is 20.1 Å². The summed E-state index contributed by atoms with van der Waals surface area (Å²) in [5, 5.41) is 0. The lowest BCUT2D eigenvalue weighted by Crippen LogP contribution is -3.00. The number of hydrogen-bond donors (Lipinski definition) is 0. The zero-order valence-corrected chi connectivity index (χ0v) is 14.5. The van der Waals surface area contributed by atoms with E-state index in [-0.39, 0.29) is 24.0 Å². The quantitative estimate of drug-likeness (QED) is 0.436. The highest BCUT2D eigenvalue weighted by molar-refractivity contribution is 5.95. The van der Waals surface area contributed by atoms with Gasteiger partial charge >= 0.3 is 0 Å². The summed E-state index contributed by atoms with van der Waals surface area (Å²) >= 11 is 0. The van der Waals surface area contributed by atoms with Crippen molar-refractivity contribution >= 4 is 12.0 Å². The number of ketones is 1. The third kappa shape index (κ3) is 3.32. The number of rotatable bonds is 5. The van der Waals surface area contributed by atoms with E-state index in [9.17, 15) is 9.18 Å². The Labute approximate surface area is 148 Å². The smallest absolute Gasteiger partial charge is 0.163 e. The summed E-state index contributed by atoms with van der Waals surface area (Å²) in [6.07, 6.45) is 11.4. The van der Waals surface area contributed by atoms with Crippen LogP contribution in [-0.2, 0) is 0 Å². The largest absolute Gasteiger partial charge is 1.00 e. The summed E-state index contributed by atoms with van der Waals surface area (Å²) in [5.74, 6) is 2.86. The third-order valence-corrected chi connectivity index (χ3v) is 5.82. The molecule has 4 aliphatic rings. The SMILES string of the molecule is O=C(CCC[N+]1=CC2C3C=CC(CC3)C2C1)c1ccc(F)cc1.[Cl-]. The summed E-state index contributed by atoms with van der Waals surface area (Å²) in [6, 6.07) is 5.87. The van der Waals surface area contributed by atoms with Crippen molar-refractivity contribution < 1.29 is 26.2 Å². The Kier molecular flexibility index (Phi) is 5.19. The van der Waals surface area contributed by atoms with E-state index in [4.69, 9.17) is 0 Å². The van der Waals surface area contributed by atoms with Crippen LogP contribution in [-0.4, -0.2) is 29.7 Å². The first-order valence-corrected chi connectivity index (χ1v) is 8.77. The minimum absolute atomic E-state index is 0. The molecule has 0 spiro atoms. The molecule has 1 aromatic rings. The second-order valence-corrected chi connectivity index (χ2v) is 7.21. The van der Waals surface area contributed by atoms with Crippen LogP contribution in [0.4, 0.5) is 4.39 Å². The number of hydrogen-bond acceptors (Lipinski definition) is 1. The van der Waals surface area contributed by atoms with Crippen LogP contribution in [0.25, 0.3) is 0 Å². The molecule has 0 N–H and O–H groups in total. The van der Waals surface area contributed by atoms with Gasteiger partial charge in [0.05, 0.1) is 5.92 Å². The predicted octanol–water partition coefficient (Wildman–Crippen LogP) is 0.718. The first kappa shape index (κ1) is 17.3. The fraction of sp³-hybridized carbons (Fsp3) is 0.500. The van der Waals surface area contributed by atoms with Crippen LogP contribution in [0.15, 0.2) is 36.4 Å². The number of carbonyl (C=O) groups is 1. The van der Waals surface area contributed by atoms with Gasteiger partial charge in [0.2, 0.25) is 0 Å². The van der Waals surface area contributed by atoms with Crippen molar-refractivity contribution in [3.8, 4) is 0 Å². The van der Waals surface area contributed by atoms with Crippen LogP contribution >= 0.6 is 0 Å². The fourth-order valence-corrected chi connectivity index (χ4v) is 4.59. The molecule has 0 saturated heterocycles. The van der Waals surface area contributed by atoms with E-state index in [1.165, 1.54) is 25.0 Å². The monoisotopic (exact) mass is 347 g/mol. The van der Waals surface area contributed by atoms with Crippen LogP contribution in [0.2, 0.25) is 0 Å². The second-order valence-electron chi connectivity index (χ2n) is 7.21. The van der Waals surface area contributed by atoms with Crippen molar-refractivity contribution in [2.24, 2.45) is 23.7 Å². The summed E-state index contributed by atoms with van der Waals surface area (Å²) in [4.78, 5) is 12.1. The molecule has 1 fully saturated rings. The average Bonchev–Trinajstić information content (AvgIpc) is 3.02. The number of Topliss-reactive ketones (excluding diaryl/α,β-unsaturated/α-hetero) is 1.